The van der Waals surface area contributed by atoms with Crippen LogP contribution < -0.4 is 0 Å². The van der Waals surface area contributed by atoms with Crippen LogP contribution >= 0.6 is 0 Å². The highest BCUT2D eigenvalue weighted by Gasteiger charge is 2.05. The number of fused-ring (bicyclic) bond motifs is 1. The molecule has 0 saturated heterocycles. The van der Waals surface area contributed by atoms with E-state index in [1.54, 1.807) is 23.0 Å². The first-order valence-electron chi connectivity index (χ1n) is 5.29. The van der Waals surface area contributed by atoms with Crippen molar-refractivity contribution in [2.24, 2.45) is 0 Å². The Labute approximate surface area is 97.6 Å². The van der Waals surface area contributed by atoms with Gasteiger partial charge in [0.1, 0.15) is 11.5 Å². The first-order valence-corrected chi connectivity index (χ1v) is 5.29. The number of pyridine rings is 2. The van der Waals surface area contributed by atoms with Gasteiger partial charge in [-0.3, -0.25) is 4.98 Å². The number of hydrogen-bond acceptors (Lipinski definition) is 2. The third-order valence-electron chi connectivity index (χ3n) is 2.59. The molecule has 17 heavy (non-hydrogen) atoms. The van der Waals surface area contributed by atoms with Crippen LogP contribution in [0.25, 0.3) is 16.9 Å². The lowest BCUT2D eigenvalue weighted by Gasteiger charge is -1.96. The van der Waals surface area contributed by atoms with Crippen LogP contribution in [0, 0.1) is 12.7 Å². The van der Waals surface area contributed by atoms with Gasteiger partial charge in [-0.2, -0.15) is 0 Å². The Morgan fingerprint density at radius 3 is 2.94 bits per heavy atom. The van der Waals surface area contributed by atoms with Crippen molar-refractivity contribution in [3.05, 3.63) is 54.4 Å². The molecular weight excluding hydrogens is 217 g/mol. The highest BCUT2D eigenvalue weighted by atomic mass is 19.1. The van der Waals surface area contributed by atoms with Crippen molar-refractivity contribution in [2.75, 3.05) is 0 Å². The fourth-order valence-electron chi connectivity index (χ4n) is 1.79. The molecule has 3 nitrogen and oxygen atoms in total. The summed E-state index contributed by atoms with van der Waals surface area (Å²) in [4.78, 5) is 8.49. The van der Waals surface area contributed by atoms with E-state index in [0.29, 0.717) is 5.65 Å². The van der Waals surface area contributed by atoms with Gasteiger partial charge in [-0.25, -0.2) is 9.37 Å². The van der Waals surface area contributed by atoms with Crippen LogP contribution in [0.5, 0.6) is 0 Å². The molecule has 0 N–H and O–H groups in total. The van der Waals surface area contributed by atoms with E-state index in [0.717, 1.165) is 16.8 Å². The molecule has 0 fully saturated rings. The van der Waals surface area contributed by atoms with Crippen molar-refractivity contribution in [3.8, 4) is 11.3 Å². The number of nitrogens with zero attached hydrogens (tertiary/aromatic N) is 3. The fourth-order valence-corrected chi connectivity index (χ4v) is 1.79. The fraction of sp³-hybridized carbons (Fsp3) is 0.0769. The summed E-state index contributed by atoms with van der Waals surface area (Å²) in [6.07, 6.45) is 7.07. The van der Waals surface area contributed by atoms with Crippen molar-refractivity contribution >= 4 is 5.65 Å². The summed E-state index contributed by atoms with van der Waals surface area (Å²) in [7, 11) is 0. The zero-order chi connectivity index (χ0) is 11.8. The second kappa shape index (κ2) is 3.66. The minimum atomic E-state index is -0.281. The van der Waals surface area contributed by atoms with Crippen molar-refractivity contribution in [2.45, 2.75) is 6.92 Å². The van der Waals surface area contributed by atoms with Gasteiger partial charge in [-0.05, 0) is 24.6 Å². The molecule has 0 radical (unpaired) electrons. The molecule has 0 bridgehead atoms. The smallest absolute Gasteiger partial charge is 0.140 e. The third-order valence-corrected chi connectivity index (χ3v) is 2.59. The van der Waals surface area contributed by atoms with E-state index in [9.17, 15) is 4.39 Å². The molecule has 3 heterocycles. The summed E-state index contributed by atoms with van der Waals surface area (Å²) in [6.45, 7) is 1.98. The number of imidazole rings is 1. The molecule has 0 aromatic carbocycles. The minimum absolute atomic E-state index is 0.281. The highest BCUT2D eigenvalue weighted by Crippen LogP contribution is 2.19. The maximum atomic E-state index is 13.0. The topological polar surface area (TPSA) is 30.2 Å². The van der Waals surface area contributed by atoms with Gasteiger partial charge in [0.2, 0.25) is 0 Å². The largest absolute Gasteiger partial charge is 0.306 e. The van der Waals surface area contributed by atoms with Crippen molar-refractivity contribution < 1.29 is 4.39 Å². The molecule has 0 aliphatic carbocycles. The van der Waals surface area contributed by atoms with Crippen LogP contribution in [0.4, 0.5) is 4.39 Å². The normalized spacial score (nSPS) is 10.9. The van der Waals surface area contributed by atoms with Crippen LogP contribution in [0.1, 0.15) is 5.56 Å². The molecule has 84 valence electrons. The maximum absolute atomic E-state index is 13.0. The first-order chi connectivity index (χ1) is 8.22. The summed E-state index contributed by atoms with van der Waals surface area (Å²) in [5.74, 6) is -0.281. The first kappa shape index (κ1) is 9.96. The summed E-state index contributed by atoms with van der Waals surface area (Å²) in [5.41, 5.74) is 3.41. The van der Waals surface area contributed by atoms with Gasteiger partial charge >= 0.3 is 0 Å². The lowest BCUT2D eigenvalue weighted by Crippen LogP contribution is -1.82. The number of hydrogen-bond donors (Lipinski definition) is 0. The van der Waals surface area contributed by atoms with Gasteiger partial charge in [0, 0.05) is 36.4 Å². The average Bonchev–Trinajstić information content (AvgIpc) is 2.72. The summed E-state index contributed by atoms with van der Waals surface area (Å²) in [6, 6.07) is 4.82. The summed E-state index contributed by atoms with van der Waals surface area (Å²) >= 11 is 0. The number of aromatic nitrogens is 3. The highest BCUT2D eigenvalue weighted by molar-refractivity contribution is 5.62. The van der Waals surface area contributed by atoms with E-state index in [-0.39, 0.29) is 5.82 Å². The monoisotopic (exact) mass is 227 g/mol. The van der Waals surface area contributed by atoms with Gasteiger partial charge in [0.05, 0.1) is 5.69 Å². The van der Waals surface area contributed by atoms with E-state index in [1.807, 2.05) is 19.2 Å². The zero-order valence-electron chi connectivity index (χ0n) is 9.26. The van der Waals surface area contributed by atoms with Crippen molar-refractivity contribution in [1.82, 2.24) is 14.4 Å². The summed E-state index contributed by atoms with van der Waals surface area (Å²) < 4.78 is 14.8. The minimum Gasteiger partial charge on any atom is -0.306 e. The van der Waals surface area contributed by atoms with Gasteiger partial charge in [-0.1, -0.05) is 0 Å². The quantitative estimate of drug-likeness (QED) is 0.640. The molecule has 3 rings (SSSR count). The van der Waals surface area contributed by atoms with Crippen LogP contribution in [0.3, 0.4) is 0 Å². The lowest BCUT2D eigenvalue weighted by atomic mass is 10.2. The molecular formula is C13H10FN3. The molecule has 0 atom stereocenters. The molecule has 0 unspecified atom stereocenters. The number of rotatable bonds is 1. The molecule has 0 saturated carbocycles. The van der Waals surface area contributed by atoms with Crippen LogP contribution in [0.2, 0.25) is 0 Å². The zero-order valence-corrected chi connectivity index (χ0v) is 9.26. The van der Waals surface area contributed by atoms with Gasteiger partial charge in [0.15, 0.2) is 0 Å². The van der Waals surface area contributed by atoms with Gasteiger partial charge in [0.25, 0.3) is 0 Å². The van der Waals surface area contributed by atoms with E-state index in [4.69, 9.17) is 0 Å². The second-order valence-electron chi connectivity index (χ2n) is 3.99. The standard InChI is InChI=1S/C13H10FN3/c1-9-4-10(7-15-6-9)12-8-17-3-2-11(14)5-13(17)16-12/h2-8H,1H3. The van der Waals surface area contributed by atoms with Crippen LogP contribution in [-0.2, 0) is 0 Å². The van der Waals surface area contributed by atoms with Crippen molar-refractivity contribution in [3.63, 3.8) is 0 Å². The Morgan fingerprint density at radius 2 is 2.12 bits per heavy atom. The SMILES string of the molecule is Cc1cncc(-c2cn3ccc(F)cc3n2)c1. The third kappa shape index (κ3) is 1.78. The van der Waals surface area contributed by atoms with Crippen molar-refractivity contribution in [1.29, 1.82) is 0 Å². The Hall–Kier alpha value is -2.23. The Bertz CT molecular complexity index is 688. The van der Waals surface area contributed by atoms with Crippen LogP contribution in [-0.4, -0.2) is 14.4 Å². The molecule has 4 heteroatoms. The molecule has 0 aliphatic rings. The lowest BCUT2D eigenvalue weighted by molar-refractivity contribution is 0.626. The van der Waals surface area contributed by atoms with E-state index < -0.39 is 0 Å². The van der Waals surface area contributed by atoms with Crippen LogP contribution in [0.15, 0.2) is 43.0 Å². The maximum Gasteiger partial charge on any atom is 0.140 e. The Kier molecular flexibility index (Phi) is 2.14. The Morgan fingerprint density at radius 1 is 1.24 bits per heavy atom. The molecule has 0 amide bonds. The predicted octanol–water partition coefficient (Wildman–Crippen LogP) is 2.84. The molecule has 3 aromatic rings. The number of halogens is 1. The Balaban J connectivity index is 2.18. The molecule has 0 spiro atoms. The second-order valence-corrected chi connectivity index (χ2v) is 3.99. The number of aryl methyl sites for hydroxylation is 1. The van der Waals surface area contributed by atoms with E-state index >= 15 is 0 Å². The van der Waals surface area contributed by atoms with E-state index in [1.165, 1.54) is 12.1 Å². The van der Waals surface area contributed by atoms with Gasteiger partial charge < -0.3 is 4.40 Å². The van der Waals surface area contributed by atoms with Gasteiger partial charge in [-0.15, -0.1) is 0 Å². The molecule has 3 aromatic heterocycles. The summed E-state index contributed by atoms with van der Waals surface area (Å²) in [5, 5.41) is 0. The average molecular weight is 227 g/mol. The van der Waals surface area contributed by atoms with E-state index in [2.05, 4.69) is 9.97 Å². The molecule has 0 aliphatic heterocycles. The predicted molar refractivity (Wildman–Crippen MR) is 63.1 cm³/mol.